The molecule has 0 aliphatic heterocycles. The van der Waals surface area contributed by atoms with E-state index in [-0.39, 0.29) is 0 Å². The Morgan fingerprint density at radius 1 is 0.880 bits per heavy atom. The van der Waals surface area contributed by atoms with Gasteiger partial charge in [-0.1, -0.05) is 68.0 Å². The number of hydrogen-bond donors (Lipinski definition) is 0. The summed E-state index contributed by atoms with van der Waals surface area (Å²) < 4.78 is 0. The minimum Gasteiger partial charge on any atom is -0.103 e. The van der Waals surface area contributed by atoms with E-state index in [2.05, 4.69) is 68.1 Å². The maximum Gasteiger partial charge on any atom is -0.0162 e. The lowest BCUT2D eigenvalue weighted by Gasteiger charge is -2.29. The van der Waals surface area contributed by atoms with Crippen molar-refractivity contribution >= 4 is 0 Å². The first-order valence-corrected chi connectivity index (χ1v) is 10.1. The van der Waals surface area contributed by atoms with Crippen LogP contribution in [0.25, 0.3) is 11.1 Å². The van der Waals surface area contributed by atoms with Crippen LogP contribution in [0.15, 0.2) is 61.2 Å². The summed E-state index contributed by atoms with van der Waals surface area (Å²) in [5, 5.41) is 0. The van der Waals surface area contributed by atoms with Gasteiger partial charge in [0.2, 0.25) is 0 Å². The summed E-state index contributed by atoms with van der Waals surface area (Å²) in [5.41, 5.74) is 5.61. The van der Waals surface area contributed by atoms with Gasteiger partial charge in [0.05, 0.1) is 0 Å². The van der Waals surface area contributed by atoms with E-state index >= 15 is 0 Å². The summed E-state index contributed by atoms with van der Waals surface area (Å²) in [4.78, 5) is 0. The first kappa shape index (κ1) is 18.0. The quantitative estimate of drug-likeness (QED) is 0.363. The van der Waals surface area contributed by atoms with E-state index < -0.39 is 0 Å². The molecule has 0 radical (unpaired) electrons. The van der Waals surface area contributed by atoms with Crippen molar-refractivity contribution < 1.29 is 0 Å². The standard InChI is InChI=1S/C25H32/c1-3-5-6-7-21-10-14-23(15-11-21)25-18-16-24(17-19-25)22-12-8-20(4-2)9-13-22/h3,8-9,12-13,16-19,21,23H,1,4-7,10-11,14-15H2,2H3. The van der Waals surface area contributed by atoms with Crippen molar-refractivity contribution in [3.8, 4) is 11.1 Å². The van der Waals surface area contributed by atoms with Crippen LogP contribution in [-0.2, 0) is 6.42 Å². The van der Waals surface area contributed by atoms with Gasteiger partial charge in [0, 0.05) is 0 Å². The average molecular weight is 333 g/mol. The molecule has 0 aromatic heterocycles. The van der Waals surface area contributed by atoms with Crippen LogP contribution in [-0.4, -0.2) is 0 Å². The van der Waals surface area contributed by atoms with E-state index in [0.717, 1.165) is 18.3 Å². The molecule has 1 saturated carbocycles. The van der Waals surface area contributed by atoms with Crippen molar-refractivity contribution in [2.45, 2.75) is 64.2 Å². The lowest BCUT2D eigenvalue weighted by molar-refractivity contribution is 0.306. The molecule has 0 heteroatoms. The highest BCUT2D eigenvalue weighted by atomic mass is 14.3. The highest BCUT2D eigenvalue weighted by molar-refractivity contribution is 5.64. The Hall–Kier alpha value is -1.82. The van der Waals surface area contributed by atoms with Crippen molar-refractivity contribution in [2.24, 2.45) is 5.92 Å². The Morgan fingerprint density at radius 2 is 1.48 bits per heavy atom. The third kappa shape index (κ3) is 4.84. The fourth-order valence-corrected chi connectivity index (χ4v) is 4.22. The zero-order valence-electron chi connectivity index (χ0n) is 15.7. The van der Waals surface area contributed by atoms with Crippen LogP contribution in [0.2, 0.25) is 0 Å². The van der Waals surface area contributed by atoms with Crippen molar-refractivity contribution in [2.75, 3.05) is 0 Å². The first-order chi connectivity index (χ1) is 12.3. The first-order valence-electron chi connectivity index (χ1n) is 10.1. The lowest BCUT2D eigenvalue weighted by Crippen LogP contribution is -2.13. The van der Waals surface area contributed by atoms with E-state index in [1.54, 1.807) is 5.56 Å². The molecule has 0 nitrogen and oxygen atoms in total. The Morgan fingerprint density at radius 3 is 2.04 bits per heavy atom. The molecule has 0 heterocycles. The molecule has 1 aliphatic rings. The van der Waals surface area contributed by atoms with Gasteiger partial charge in [0.15, 0.2) is 0 Å². The van der Waals surface area contributed by atoms with Crippen LogP contribution < -0.4 is 0 Å². The highest BCUT2D eigenvalue weighted by Crippen LogP contribution is 2.38. The largest absolute Gasteiger partial charge is 0.103 e. The van der Waals surface area contributed by atoms with E-state index in [0.29, 0.717) is 0 Å². The van der Waals surface area contributed by atoms with E-state index in [4.69, 9.17) is 0 Å². The molecule has 25 heavy (non-hydrogen) atoms. The molecule has 0 unspecified atom stereocenters. The second kappa shape index (κ2) is 9.04. The molecule has 2 aromatic carbocycles. The van der Waals surface area contributed by atoms with Crippen LogP contribution in [0.5, 0.6) is 0 Å². The van der Waals surface area contributed by atoms with Crippen LogP contribution in [0, 0.1) is 5.92 Å². The fraction of sp³-hybridized carbons (Fsp3) is 0.440. The highest BCUT2D eigenvalue weighted by Gasteiger charge is 2.21. The number of allylic oxidation sites excluding steroid dienone is 1. The van der Waals surface area contributed by atoms with E-state index in [1.165, 1.54) is 61.6 Å². The van der Waals surface area contributed by atoms with Crippen molar-refractivity contribution in [3.63, 3.8) is 0 Å². The Bertz CT molecular complexity index is 639. The summed E-state index contributed by atoms with van der Waals surface area (Å²) in [6.45, 7) is 6.04. The molecular formula is C25H32. The predicted octanol–water partition coefficient (Wildman–Crippen LogP) is 7.55. The maximum atomic E-state index is 3.83. The van der Waals surface area contributed by atoms with Gasteiger partial charge in [0.1, 0.15) is 0 Å². The van der Waals surface area contributed by atoms with E-state index in [1.807, 2.05) is 0 Å². The Labute approximate surface area is 154 Å². The van der Waals surface area contributed by atoms with Gasteiger partial charge in [-0.25, -0.2) is 0 Å². The van der Waals surface area contributed by atoms with Crippen molar-refractivity contribution in [1.82, 2.24) is 0 Å². The van der Waals surface area contributed by atoms with Gasteiger partial charge in [-0.2, -0.15) is 0 Å². The second-order valence-electron chi connectivity index (χ2n) is 7.61. The Balaban J connectivity index is 1.56. The zero-order valence-corrected chi connectivity index (χ0v) is 15.7. The summed E-state index contributed by atoms with van der Waals surface area (Å²) in [5.74, 6) is 1.72. The smallest absolute Gasteiger partial charge is 0.0162 e. The van der Waals surface area contributed by atoms with Crippen LogP contribution in [0.4, 0.5) is 0 Å². The van der Waals surface area contributed by atoms with Gasteiger partial charge in [0.25, 0.3) is 0 Å². The molecule has 1 fully saturated rings. The van der Waals surface area contributed by atoms with Gasteiger partial charge in [-0.05, 0) is 79.0 Å². The number of aryl methyl sites for hydroxylation is 1. The zero-order chi connectivity index (χ0) is 17.5. The van der Waals surface area contributed by atoms with Gasteiger partial charge in [-0.15, -0.1) is 6.58 Å². The molecule has 0 spiro atoms. The van der Waals surface area contributed by atoms with Gasteiger partial charge in [-0.3, -0.25) is 0 Å². The minimum atomic E-state index is 0.771. The molecule has 0 atom stereocenters. The van der Waals surface area contributed by atoms with Crippen LogP contribution in [0.3, 0.4) is 0 Å². The lowest BCUT2D eigenvalue weighted by atomic mass is 9.77. The second-order valence-corrected chi connectivity index (χ2v) is 7.61. The number of benzene rings is 2. The summed E-state index contributed by atoms with van der Waals surface area (Å²) in [7, 11) is 0. The summed E-state index contributed by atoms with van der Waals surface area (Å²) >= 11 is 0. The molecule has 132 valence electrons. The molecule has 0 bridgehead atoms. The minimum absolute atomic E-state index is 0.771. The monoisotopic (exact) mass is 332 g/mol. The topological polar surface area (TPSA) is 0 Å². The van der Waals surface area contributed by atoms with Gasteiger partial charge < -0.3 is 0 Å². The molecule has 2 aromatic rings. The van der Waals surface area contributed by atoms with Crippen LogP contribution in [0.1, 0.15) is 68.9 Å². The van der Waals surface area contributed by atoms with Crippen molar-refractivity contribution in [3.05, 3.63) is 72.3 Å². The summed E-state index contributed by atoms with van der Waals surface area (Å²) in [6.07, 6.45) is 12.6. The average Bonchev–Trinajstić information content (AvgIpc) is 2.69. The normalized spacial score (nSPS) is 20.4. The number of hydrogen-bond acceptors (Lipinski definition) is 0. The number of rotatable bonds is 7. The molecule has 0 N–H and O–H groups in total. The number of unbranched alkanes of at least 4 members (excludes halogenated alkanes) is 1. The predicted molar refractivity (Wildman–Crippen MR) is 110 cm³/mol. The third-order valence-electron chi connectivity index (χ3n) is 5.94. The molecule has 1 aliphatic carbocycles. The third-order valence-corrected chi connectivity index (χ3v) is 5.94. The molecular weight excluding hydrogens is 300 g/mol. The fourth-order valence-electron chi connectivity index (χ4n) is 4.22. The molecule has 3 rings (SSSR count). The Kier molecular flexibility index (Phi) is 6.50. The SMILES string of the molecule is C=CCCCC1CCC(c2ccc(-c3ccc(CC)cc3)cc2)CC1. The van der Waals surface area contributed by atoms with Crippen LogP contribution >= 0.6 is 0 Å². The van der Waals surface area contributed by atoms with Crippen molar-refractivity contribution in [1.29, 1.82) is 0 Å². The summed E-state index contributed by atoms with van der Waals surface area (Å²) in [6, 6.07) is 18.4. The maximum absolute atomic E-state index is 3.83. The van der Waals surface area contributed by atoms with E-state index in [9.17, 15) is 0 Å². The molecule has 0 saturated heterocycles. The van der Waals surface area contributed by atoms with Gasteiger partial charge >= 0.3 is 0 Å². The molecule has 0 amide bonds.